The lowest BCUT2D eigenvalue weighted by atomic mass is 10.1. The molecule has 3 rings (SSSR count). The van der Waals surface area contributed by atoms with E-state index in [4.69, 9.17) is 4.74 Å². The van der Waals surface area contributed by atoms with Gasteiger partial charge in [-0.15, -0.1) is 0 Å². The number of ether oxygens (including phenoxy) is 1. The molecule has 3 aromatic rings. The summed E-state index contributed by atoms with van der Waals surface area (Å²) in [4.78, 5) is 28.2. The second-order valence-corrected chi connectivity index (χ2v) is 6.53. The van der Waals surface area contributed by atoms with Crippen LogP contribution in [0.25, 0.3) is 10.9 Å². The van der Waals surface area contributed by atoms with E-state index in [1.54, 1.807) is 6.92 Å². The van der Waals surface area contributed by atoms with Gasteiger partial charge in [-0.05, 0) is 37.1 Å². The van der Waals surface area contributed by atoms with Crippen LogP contribution in [-0.4, -0.2) is 23.3 Å². The number of fused-ring (bicyclic) bond motifs is 1. The van der Waals surface area contributed by atoms with E-state index in [0.717, 1.165) is 35.1 Å². The zero-order valence-corrected chi connectivity index (χ0v) is 15.7. The highest BCUT2D eigenvalue weighted by Gasteiger charge is 2.22. The number of hydrogen-bond acceptors (Lipinski definition) is 3. The summed E-state index contributed by atoms with van der Waals surface area (Å²) in [5, 5.41) is 3.48. The minimum absolute atomic E-state index is 0.275. The Kier molecular flexibility index (Phi) is 5.91. The molecule has 0 fully saturated rings. The SMILES string of the molecule is CCCCOc1cccc(CNC(=O)C(=O)c2c(C)[nH]c3ccccc23)c1. The van der Waals surface area contributed by atoms with Crippen molar-refractivity contribution in [2.45, 2.75) is 33.2 Å². The molecule has 0 unspecified atom stereocenters. The van der Waals surface area contributed by atoms with E-state index in [9.17, 15) is 9.59 Å². The molecule has 0 saturated heterocycles. The van der Waals surface area contributed by atoms with Crippen molar-refractivity contribution in [1.82, 2.24) is 10.3 Å². The zero-order chi connectivity index (χ0) is 19.2. The van der Waals surface area contributed by atoms with E-state index in [2.05, 4.69) is 17.2 Å². The number of amides is 1. The molecule has 1 heterocycles. The molecule has 0 aliphatic rings. The lowest BCUT2D eigenvalue weighted by molar-refractivity contribution is -0.117. The number of carbonyl (C=O) groups excluding carboxylic acids is 2. The number of benzene rings is 2. The largest absolute Gasteiger partial charge is 0.494 e. The van der Waals surface area contributed by atoms with Crippen LogP contribution in [-0.2, 0) is 11.3 Å². The number of Topliss-reactive ketones (excluding diaryl/α,β-unsaturated/α-hetero) is 1. The number of aryl methyl sites for hydroxylation is 1. The summed E-state index contributed by atoms with van der Waals surface area (Å²) in [6.07, 6.45) is 2.07. The quantitative estimate of drug-likeness (QED) is 0.358. The van der Waals surface area contributed by atoms with Crippen molar-refractivity contribution >= 4 is 22.6 Å². The lowest BCUT2D eigenvalue weighted by Crippen LogP contribution is -2.30. The van der Waals surface area contributed by atoms with Gasteiger partial charge < -0.3 is 15.0 Å². The van der Waals surface area contributed by atoms with Crippen LogP contribution in [0.15, 0.2) is 48.5 Å². The van der Waals surface area contributed by atoms with Gasteiger partial charge in [0.05, 0.1) is 12.2 Å². The van der Waals surface area contributed by atoms with Crippen molar-refractivity contribution in [3.63, 3.8) is 0 Å². The molecule has 2 aromatic carbocycles. The zero-order valence-electron chi connectivity index (χ0n) is 15.7. The van der Waals surface area contributed by atoms with Crippen LogP contribution in [0.2, 0.25) is 0 Å². The fraction of sp³-hybridized carbons (Fsp3) is 0.273. The number of para-hydroxylation sites is 1. The maximum Gasteiger partial charge on any atom is 0.292 e. The fourth-order valence-electron chi connectivity index (χ4n) is 3.02. The van der Waals surface area contributed by atoms with Gasteiger partial charge in [-0.25, -0.2) is 0 Å². The maximum absolute atomic E-state index is 12.6. The van der Waals surface area contributed by atoms with Crippen LogP contribution in [0.1, 0.15) is 41.4 Å². The van der Waals surface area contributed by atoms with Gasteiger partial charge in [0, 0.05) is 23.1 Å². The highest BCUT2D eigenvalue weighted by atomic mass is 16.5. The molecule has 27 heavy (non-hydrogen) atoms. The van der Waals surface area contributed by atoms with E-state index < -0.39 is 11.7 Å². The van der Waals surface area contributed by atoms with E-state index in [1.807, 2.05) is 48.5 Å². The third kappa shape index (κ3) is 4.37. The molecule has 5 nitrogen and oxygen atoms in total. The fourth-order valence-corrected chi connectivity index (χ4v) is 3.02. The number of nitrogens with one attached hydrogen (secondary N) is 2. The topological polar surface area (TPSA) is 71.2 Å². The molecule has 0 aliphatic carbocycles. The molecule has 0 atom stereocenters. The predicted molar refractivity (Wildman–Crippen MR) is 106 cm³/mol. The van der Waals surface area contributed by atoms with Crippen LogP contribution < -0.4 is 10.1 Å². The van der Waals surface area contributed by atoms with Crippen molar-refractivity contribution in [3.8, 4) is 5.75 Å². The average Bonchev–Trinajstić information content (AvgIpc) is 3.01. The molecular weight excluding hydrogens is 340 g/mol. The van der Waals surface area contributed by atoms with Crippen LogP contribution in [0.3, 0.4) is 0 Å². The molecule has 2 N–H and O–H groups in total. The van der Waals surface area contributed by atoms with E-state index in [1.165, 1.54) is 0 Å². The Morgan fingerprint density at radius 2 is 1.93 bits per heavy atom. The predicted octanol–water partition coefficient (Wildman–Crippen LogP) is 4.15. The van der Waals surface area contributed by atoms with Gasteiger partial charge in [0.15, 0.2) is 0 Å². The van der Waals surface area contributed by atoms with Crippen LogP contribution in [0.4, 0.5) is 0 Å². The van der Waals surface area contributed by atoms with Crippen molar-refractivity contribution < 1.29 is 14.3 Å². The van der Waals surface area contributed by atoms with Gasteiger partial charge in [-0.1, -0.05) is 43.7 Å². The number of rotatable bonds is 8. The number of unbranched alkanes of at least 4 members (excludes halogenated alkanes) is 1. The van der Waals surface area contributed by atoms with Gasteiger partial charge in [-0.2, -0.15) is 0 Å². The Bertz CT molecular complexity index is 959. The van der Waals surface area contributed by atoms with Crippen LogP contribution >= 0.6 is 0 Å². The number of aromatic amines is 1. The van der Waals surface area contributed by atoms with E-state index in [0.29, 0.717) is 17.9 Å². The second kappa shape index (κ2) is 8.54. The molecule has 140 valence electrons. The van der Waals surface area contributed by atoms with Crippen molar-refractivity contribution in [1.29, 1.82) is 0 Å². The lowest BCUT2D eigenvalue weighted by Gasteiger charge is -2.08. The molecule has 0 radical (unpaired) electrons. The summed E-state index contributed by atoms with van der Waals surface area (Å²) < 4.78 is 5.68. The summed E-state index contributed by atoms with van der Waals surface area (Å²) >= 11 is 0. The smallest absolute Gasteiger partial charge is 0.292 e. The molecular formula is C22H24N2O3. The van der Waals surface area contributed by atoms with Gasteiger partial charge in [0.1, 0.15) is 5.75 Å². The Hall–Kier alpha value is -3.08. The Labute approximate surface area is 158 Å². The van der Waals surface area contributed by atoms with Crippen molar-refractivity contribution in [2.24, 2.45) is 0 Å². The van der Waals surface area contributed by atoms with Crippen LogP contribution in [0.5, 0.6) is 5.75 Å². The maximum atomic E-state index is 12.6. The third-order valence-corrected chi connectivity index (χ3v) is 4.44. The highest BCUT2D eigenvalue weighted by Crippen LogP contribution is 2.22. The molecule has 0 saturated carbocycles. The molecule has 5 heteroatoms. The molecule has 1 aromatic heterocycles. The Morgan fingerprint density at radius 3 is 2.74 bits per heavy atom. The number of ketones is 1. The summed E-state index contributed by atoms with van der Waals surface area (Å²) in [6, 6.07) is 15.0. The van der Waals surface area contributed by atoms with Crippen molar-refractivity contribution in [2.75, 3.05) is 6.61 Å². The summed E-state index contributed by atoms with van der Waals surface area (Å²) in [5.41, 5.74) is 2.87. The van der Waals surface area contributed by atoms with Crippen LogP contribution in [0, 0.1) is 6.92 Å². The molecule has 0 bridgehead atoms. The van der Waals surface area contributed by atoms with Gasteiger partial charge in [0.2, 0.25) is 0 Å². The number of aromatic nitrogens is 1. The normalized spacial score (nSPS) is 10.7. The summed E-state index contributed by atoms with van der Waals surface area (Å²) in [5.74, 6) is -0.366. The van der Waals surface area contributed by atoms with Gasteiger partial charge in [0.25, 0.3) is 11.7 Å². The number of carbonyl (C=O) groups is 2. The first-order valence-electron chi connectivity index (χ1n) is 9.21. The Balaban J connectivity index is 1.66. The number of H-pyrrole nitrogens is 1. The molecule has 0 aliphatic heterocycles. The average molecular weight is 364 g/mol. The Morgan fingerprint density at radius 1 is 1.11 bits per heavy atom. The van der Waals surface area contributed by atoms with Gasteiger partial charge >= 0.3 is 0 Å². The van der Waals surface area contributed by atoms with E-state index >= 15 is 0 Å². The monoisotopic (exact) mass is 364 g/mol. The highest BCUT2D eigenvalue weighted by molar-refractivity contribution is 6.45. The third-order valence-electron chi connectivity index (χ3n) is 4.44. The molecule has 0 spiro atoms. The van der Waals surface area contributed by atoms with E-state index in [-0.39, 0.29) is 6.54 Å². The van der Waals surface area contributed by atoms with Crippen molar-refractivity contribution in [3.05, 3.63) is 65.4 Å². The molecule has 1 amide bonds. The first-order valence-corrected chi connectivity index (χ1v) is 9.21. The second-order valence-electron chi connectivity index (χ2n) is 6.53. The minimum Gasteiger partial charge on any atom is -0.494 e. The first-order chi connectivity index (χ1) is 13.1. The minimum atomic E-state index is -0.611. The van der Waals surface area contributed by atoms with Gasteiger partial charge in [-0.3, -0.25) is 9.59 Å². The number of hydrogen-bond donors (Lipinski definition) is 2. The summed E-state index contributed by atoms with van der Waals surface area (Å²) in [6.45, 7) is 4.86. The first kappa shape index (κ1) is 18.7. The summed E-state index contributed by atoms with van der Waals surface area (Å²) in [7, 11) is 0. The standard InChI is InChI=1S/C22H24N2O3/c1-3-4-12-27-17-9-7-8-16(13-17)14-23-22(26)21(25)20-15(2)24-19-11-6-5-10-18(19)20/h5-11,13,24H,3-4,12,14H2,1-2H3,(H,23,26).